The van der Waals surface area contributed by atoms with Crippen LogP contribution in [-0.2, 0) is 26.7 Å². The van der Waals surface area contributed by atoms with Gasteiger partial charge in [0, 0.05) is 13.5 Å². The maximum Gasteiger partial charge on any atom is 0.321 e. The van der Waals surface area contributed by atoms with Gasteiger partial charge in [-0.25, -0.2) is 13.1 Å². The van der Waals surface area contributed by atoms with Gasteiger partial charge in [-0.05, 0) is 28.8 Å². The van der Waals surface area contributed by atoms with E-state index in [-0.39, 0.29) is 28.9 Å². The molecular formula is C9H13BrN4O6S. The first kappa shape index (κ1) is 17.5. The van der Waals surface area contributed by atoms with E-state index in [1.807, 2.05) is 4.72 Å². The van der Waals surface area contributed by atoms with Gasteiger partial charge in [0.1, 0.15) is 6.04 Å². The van der Waals surface area contributed by atoms with E-state index in [0.29, 0.717) is 0 Å². The summed E-state index contributed by atoms with van der Waals surface area (Å²) in [6.45, 7) is 0. The second-order valence-electron chi connectivity index (χ2n) is 4.11. The summed E-state index contributed by atoms with van der Waals surface area (Å²) in [5, 5.41) is 24.2. The molecule has 0 saturated heterocycles. The van der Waals surface area contributed by atoms with Gasteiger partial charge in [-0.15, -0.1) is 5.10 Å². The third kappa shape index (κ3) is 4.75. The first-order chi connectivity index (χ1) is 9.65. The van der Waals surface area contributed by atoms with Crippen LogP contribution in [0.15, 0.2) is 9.63 Å². The molecule has 1 atom stereocenters. The second kappa shape index (κ2) is 6.95. The van der Waals surface area contributed by atoms with Crippen molar-refractivity contribution in [1.82, 2.24) is 19.7 Å². The van der Waals surface area contributed by atoms with Gasteiger partial charge in [-0.2, -0.15) is 4.72 Å². The zero-order chi connectivity index (χ0) is 16.2. The highest BCUT2D eigenvalue weighted by Crippen LogP contribution is 2.18. The second-order valence-corrected chi connectivity index (χ2v) is 6.49. The minimum atomic E-state index is -4.16. The van der Waals surface area contributed by atoms with Crippen LogP contribution >= 0.6 is 15.9 Å². The molecule has 0 aromatic carbocycles. The summed E-state index contributed by atoms with van der Waals surface area (Å²) in [7, 11) is -2.82. The van der Waals surface area contributed by atoms with Gasteiger partial charge in [0.05, 0.1) is 0 Å². The predicted octanol–water partition coefficient (Wildman–Crippen LogP) is -0.436. The van der Waals surface area contributed by atoms with E-state index < -0.39 is 28.0 Å². The molecule has 3 N–H and O–H groups in total. The number of hydrogen-bond donors (Lipinski definition) is 3. The van der Waals surface area contributed by atoms with Crippen molar-refractivity contribution in [1.29, 1.82) is 0 Å². The molecule has 21 heavy (non-hydrogen) atoms. The summed E-state index contributed by atoms with van der Waals surface area (Å²) in [4.78, 5) is 21.5. The SMILES string of the molecule is Cn1nnc(Br)c1S(=O)(=O)N[C@H](CCCC(=O)O)C(=O)O. The van der Waals surface area contributed by atoms with Gasteiger partial charge in [-0.1, -0.05) is 5.21 Å². The lowest BCUT2D eigenvalue weighted by Crippen LogP contribution is -2.41. The zero-order valence-electron chi connectivity index (χ0n) is 10.9. The highest BCUT2D eigenvalue weighted by molar-refractivity contribution is 9.10. The molecule has 0 unspecified atom stereocenters. The predicted molar refractivity (Wildman–Crippen MR) is 71.9 cm³/mol. The number of carboxylic acids is 2. The molecule has 0 aliphatic rings. The standard InChI is InChI=1S/C9H13BrN4O6S/c1-14-8(7(10)11-13-14)21(19,20)12-5(9(17)18)3-2-4-6(15)16/h5,12H,2-4H2,1H3,(H,15,16)(H,17,18)/t5-/m1/s1. The fourth-order valence-electron chi connectivity index (χ4n) is 1.54. The smallest absolute Gasteiger partial charge is 0.321 e. The average molecular weight is 385 g/mol. The van der Waals surface area contributed by atoms with Crippen LogP contribution in [0.5, 0.6) is 0 Å². The molecule has 12 heteroatoms. The number of carboxylic acid groups (broad SMARTS) is 2. The number of carbonyl (C=O) groups is 2. The molecule has 0 bridgehead atoms. The van der Waals surface area contributed by atoms with E-state index in [1.54, 1.807) is 0 Å². The Bertz CT molecular complexity index is 623. The maximum absolute atomic E-state index is 12.1. The highest BCUT2D eigenvalue weighted by atomic mass is 79.9. The molecular weight excluding hydrogens is 372 g/mol. The summed E-state index contributed by atoms with van der Waals surface area (Å²) in [5.74, 6) is -2.48. The molecule has 1 aromatic rings. The summed E-state index contributed by atoms with van der Waals surface area (Å²) in [6, 6.07) is -1.43. The molecule has 0 radical (unpaired) electrons. The van der Waals surface area contributed by atoms with E-state index in [2.05, 4.69) is 26.2 Å². The third-order valence-corrected chi connectivity index (χ3v) is 4.83. The van der Waals surface area contributed by atoms with E-state index in [1.165, 1.54) is 7.05 Å². The minimum Gasteiger partial charge on any atom is -0.481 e. The molecule has 0 saturated carbocycles. The van der Waals surface area contributed by atoms with Crippen molar-refractivity contribution in [3.8, 4) is 0 Å². The number of sulfonamides is 1. The molecule has 118 valence electrons. The van der Waals surface area contributed by atoms with Crippen LogP contribution in [0.2, 0.25) is 0 Å². The lowest BCUT2D eigenvalue weighted by molar-refractivity contribution is -0.140. The third-order valence-electron chi connectivity index (χ3n) is 2.47. The number of rotatable bonds is 8. The first-order valence-corrected chi connectivity index (χ1v) is 7.95. The number of nitrogens with one attached hydrogen (secondary N) is 1. The Labute approximate surface area is 128 Å². The average Bonchev–Trinajstić information content (AvgIpc) is 2.67. The number of aliphatic carboxylic acids is 2. The Balaban J connectivity index is 2.88. The number of aryl methyl sites for hydroxylation is 1. The largest absolute Gasteiger partial charge is 0.481 e. The lowest BCUT2D eigenvalue weighted by atomic mass is 10.1. The molecule has 0 amide bonds. The Kier molecular flexibility index (Phi) is 5.80. The number of nitrogens with zero attached hydrogens (tertiary/aromatic N) is 3. The van der Waals surface area contributed by atoms with Crippen molar-refractivity contribution in [2.24, 2.45) is 7.05 Å². The Hall–Kier alpha value is -1.53. The lowest BCUT2D eigenvalue weighted by Gasteiger charge is -2.14. The zero-order valence-corrected chi connectivity index (χ0v) is 13.3. The van der Waals surface area contributed by atoms with E-state index >= 15 is 0 Å². The highest BCUT2D eigenvalue weighted by Gasteiger charge is 2.30. The molecule has 0 spiro atoms. The molecule has 1 rings (SSSR count). The van der Waals surface area contributed by atoms with Gasteiger partial charge in [0.2, 0.25) is 5.03 Å². The van der Waals surface area contributed by atoms with Crippen molar-refractivity contribution < 1.29 is 28.2 Å². The van der Waals surface area contributed by atoms with Gasteiger partial charge in [0.25, 0.3) is 10.0 Å². The van der Waals surface area contributed by atoms with Crippen LogP contribution in [0, 0.1) is 0 Å². The summed E-state index contributed by atoms with van der Waals surface area (Å²) in [5.41, 5.74) is 0. The van der Waals surface area contributed by atoms with Crippen LogP contribution in [-0.4, -0.2) is 51.6 Å². The summed E-state index contributed by atoms with van der Waals surface area (Å²) < 4.78 is 27.2. The van der Waals surface area contributed by atoms with Gasteiger partial charge >= 0.3 is 11.9 Å². The van der Waals surface area contributed by atoms with Crippen molar-refractivity contribution in [2.45, 2.75) is 30.3 Å². The van der Waals surface area contributed by atoms with Crippen LogP contribution in [0.1, 0.15) is 19.3 Å². The van der Waals surface area contributed by atoms with Crippen LogP contribution in [0.25, 0.3) is 0 Å². The number of hydrogen-bond acceptors (Lipinski definition) is 6. The summed E-state index contributed by atoms with van der Waals surface area (Å²) >= 11 is 2.91. The van der Waals surface area contributed by atoms with Crippen LogP contribution in [0.3, 0.4) is 0 Å². The van der Waals surface area contributed by atoms with E-state index in [0.717, 1.165) is 4.68 Å². The van der Waals surface area contributed by atoms with E-state index in [4.69, 9.17) is 10.2 Å². The minimum absolute atomic E-state index is 0.0274. The Morgan fingerprint density at radius 3 is 2.48 bits per heavy atom. The Morgan fingerprint density at radius 2 is 2.05 bits per heavy atom. The van der Waals surface area contributed by atoms with Gasteiger partial charge in [-0.3, -0.25) is 9.59 Å². The molecule has 1 heterocycles. The van der Waals surface area contributed by atoms with Crippen LogP contribution in [0.4, 0.5) is 0 Å². The summed E-state index contributed by atoms with van der Waals surface area (Å²) in [6.07, 6.45) is -0.369. The quantitative estimate of drug-likeness (QED) is 0.545. The van der Waals surface area contributed by atoms with Crippen molar-refractivity contribution in [3.63, 3.8) is 0 Å². The van der Waals surface area contributed by atoms with Gasteiger partial charge < -0.3 is 10.2 Å². The van der Waals surface area contributed by atoms with Crippen molar-refractivity contribution in [2.75, 3.05) is 0 Å². The molecule has 0 aliphatic heterocycles. The maximum atomic E-state index is 12.1. The fourth-order valence-corrected chi connectivity index (χ4v) is 3.86. The topological polar surface area (TPSA) is 151 Å². The van der Waals surface area contributed by atoms with Gasteiger partial charge in [0.15, 0.2) is 4.60 Å². The van der Waals surface area contributed by atoms with Crippen LogP contribution < -0.4 is 4.72 Å². The monoisotopic (exact) mass is 384 g/mol. The molecule has 10 nitrogen and oxygen atoms in total. The normalized spacial score (nSPS) is 13.0. The molecule has 0 fully saturated rings. The first-order valence-electron chi connectivity index (χ1n) is 5.67. The Morgan fingerprint density at radius 1 is 1.43 bits per heavy atom. The number of aromatic nitrogens is 3. The van der Waals surface area contributed by atoms with E-state index in [9.17, 15) is 18.0 Å². The fraction of sp³-hybridized carbons (Fsp3) is 0.556. The molecule has 1 aromatic heterocycles. The molecule has 0 aliphatic carbocycles. The van der Waals surface area contributed by atoms with Crippen molar-refractivity contribution in [3.05, 3.63) is 4.60 Å². The number of halogens is 1. The van der Waals surface area contributed by atoms with Crippen molar-refractivity contribution >= 4 is 37.9 Å².